The molecular formula is C12H17FN2O3S. The largest absolute Gasteiger partial charge is 0.322 e. The van der Waals surface area contributed by atoms with Crippen molar-refractivity contribution < 1.29 is 17.6 Å². The van der Waals surface area contributed by atoms with E-state index in [1.165, 1.54) is 4.90 Å². The van der Waals surface area contributed by atoms with Gasteiger partial charge in [-0.3, -0.25) is 0 Å². The zero-order valence-corrected chi connectivity index (χ0v) is 11.5. The highest BCUT2D eigenvalue weighted by atomic mass is 32.2. The third kappa shape index (κ3) is 3.56. The first kappa shape index (κ1) is 14.0. The standard InChI is InChI=1S/C12H17FN2O3S/c1-9-2-3-11(10(13)8-9)14-12(16)15-4-6-19(17,18)7-5-15/h2-3,9H,4-8H2,1H3,(H,14,16). The fourth-order valence-electron chi connectivity index (χ4n) is 2.03. The van der Waals surface area contributed by atoms with E-state index in [-0.39, 0.29) is 48.5 Å². The smallest absolute Gasteiger partial charge is 0.321 e. The Bertz CT molecular complexity index is 525. The number of hydrogen-bond acceptors (Lipinski definition) is 3. The molecule has 0 aromatic heterocycles. The Hall–Kier alpha value is -1.37. The molecule has 1 aliphatic heterocycles. The number of nitrogens with one attached hydrogen (secondary N) is 1. The van der Waals surface area contributed by atoms with Gasteiger partial charge in [0, 0.05) is 19.5 Å². The van der Waals surface area contributed by atoms with Gasteiger partial charge in [0.15, 0.2) is 9.84 Å². The maximum atomic E-state index is 13.6. The summed E-state index contributed by atoms with van der Waals surface area (Å²) >= 11 is 0. The lowest BCUT2D eigenvalue weighted by Crippen LogP contribution is -2.48. The Kier molecular flexibility index (Phi) is 3.93. The van der Waals surface area contributed by atoms with Crippen LogP contribution in [0.2, 0.25) is 0 Å². The first-order valence-corrected chi connectivity index (χ1v) is 8.03. The van der Waals surface area contributed by atoms with Crippen LogP contribution in [0, 0.1) is 5.92 Å². The Morgan fingerprint density at radius 2 is 2.05 bits per heavy atom. The number of halogens is 1. The second-order valence-electron chi connectivity index (χ2n) is 4.93. The number of urea groups is 1. The normalized spacial score (nSPS) is 26.4. The van der Waals surface area contributed by atoms with Crippen molar-refractivity contribution in [3.05, 3.63) is 23.7 Å². The van der Waals surface area contributed by atoms with E-state index in [0.29, 0.717) is 0 Å². The average Bonchev–Trinajstić information content (AvgIpc) is 2.32. The quantitative estimate of drug-likeness (QED) is 0.788. The molecule has 1 aliphatic carbocycles. The second-order valence-corrected chi connectivity index (χ2v) is 7.23. The van der Waals surface area contributed by atoms with Crippen molar-refractivity contribution >= 4 is 15.9 Å². The number of allylic oxidation sites excluding steroid dienone is 3. The average molecular weight is 288 g/mol. The van der Waals surface area contributed by atoms with Crippen LogP contribution in [0.4, 0.5) is 9.18 Å². The molecule has 1 heterocycles. The second kappa shape index (κ2) is 5.32. The third-order valence-electron chi connectivity index (χ3n) is 3.26. The Labute approximate surface area is 112 Å². The van der Waals surface area contributed by atoms with E-state index in [9.17, 15) is 17.6 Å². The summed E-state index contributed by atoms with van der Waals surface area (Å²) in [5, 5.41) is 2.50. The third-order valence-corrected chi connectivity index (χ3v) is 4.87. The molecular weight excluding hydrogens is 271 g/mol. The van der Waals surface area contributed by atoms with Crippen LogP contribution >= 0.6 is 0 Å². The number of amides is 2. The van der Waals surface area contributed by atoms with E-state index < -0.39 is 15.9 Å². The number of hydrogen-bond donors (Lipinski definition) is 1. The van der Waals surface area contributed by atoms with Gasteiger partial charge in [-0.1, -0.05) is 13.0 Å². The van der Waals surface area contributed by atoms with Crippen LogP contribution in [0.15, 0.2) is 23.7 Å². The van der Waals surface area contributed by atoms with Crippen LogP contribution in [0.3, 0.4) is 0 Å². The van der Waals surface area contributed by atoms with Crippen molar-refractivity contribution in [2.75, 3.05) is 24.6 Å². The number of nitrogens with zero attached hydrogens (tertiary/aromatic N) is 1. The lowest BCUT2D eigenvalue weighted by molar-refractivity contribution is 0.205. The van der Waals surface area contributed by atoms with Gasteiger partial charge in [0.05, 0.1) is 17.2 Å². The highest BCUT2D eigenvalue weighted by molar-refractivity contribution is 7.91. The van der Waals surface area contributed by atoms with Gasteiger partial charge in [0.2, 0.25) is 0 Å². The first-order chi connectivity index (χ1) is 8.87. The summed E-state index contributed by atoms with van der Waals surface area (Å²) < 4.78 is 36.2. The van der Waals surface area contributed by atoms with Gasteiger partial charge >= 0.3 is 6.03 Å². The molecule has 2 amide bonds. The molecule has 0 radical (unpaired) electrons. The maximum absolute atomic E-state index is 13.6. The van der Waals surface area contributed by atoms with E-state index in [2.05, 4.69) is 5.32 Å². The van der Waals surface area contributed by atoms with Crippen molar-refractivity contribution in [1.82, 2.24) is 10.2 Å². The van der Waals surface area contributed by atoms with Crippen LogP contribution in [-0.2, 0) is 9.84 Å². The van der Waals surface area contributed by atoms with Gasteiger partial charge in [-0.25, -0.2) is 17.6 Å². The maximum Gasteiger partial charge on any atom is 0.321 e. The van der Waals surface area contributed by atoms with Gasteiger partial charge in [-0.2, -0.15) is 0 Å². The van der Waals surface area contributed by atoms with E-state index in [1.807, 2.05) is 13.0 Å². The summed E-state index contributed by atoms with van der Waals surface area (Å²) in [5.41, 5.74) is 0.177. The van der Waals surface area contributed by atoms with Crippen LogP contribution in [0.25, 0.3) is 0 Å². The lowest BCUT2D eigenvalue weighted by atomic mass is 10.0. The predicted molar refractivity (Wildman–Crippen MR) is 69.8 cm³/mol. The van der Waals surface area contributed by atoms with Crippen LogP contribution in [0.5, 0.6) is 0 Å². The molecule has 0 aromatic carbocycles. The highest BCUT2D eigenvalue weighted by Crippen LogP contribution is 2.22. The summed E-state index contributed by atoms with van der Waals surface area (Å²) in [6.07, 6.45) is 3.67. The molecule has 7 heteroatoms. The summed E-state index contributed by atoms with van der Waals surface area (Å²) in [6, 6.07) is -0.445. The fourth-order valence-corrected chi connectivity index (χ4v) is 3.23. The van der Waals surface area contributed by atoms with Crippen molar-refractivity contribution in [3.8, 4) is 0 Å². The summed E-state index contributed by atoms with van der Waals surface area (Å²) in [5.74, 6) is -0.280. The molecule has 0 spiro atoms. The van der Waals surface area contributed by atoms with Crippen LogP contribution < -0.4 is 5.32 Å². The van der Waals surface area contributed by atoms with Crippen LogP contribution in [0.1, 0.15) is 13.3 Å². The Balaban J connectivity index is 1.96. The van der Waals surface area contributed by atoms with Gasteiger partial charge in [0.25, 0.3) is 0 Å². The molecule has 1 unspecified atom stereocenters. The van der Waals surface area contributed by atoms with Crippen LogP contribution in [-0.4, -0.2) is 43.9 Å². The molecule has 2 rings (SSSR count). The van der Waals surface area contributed by atoms with E-state index in [4.69, 9.17) is 0 Å². The number of sulfone groups is 1. The fraction of sp³-hybridized carbons (Fsp3) is 0.583. The van der Waals surface area contributed by atoms with Gasteiger partial charge in [0.1, 0.15) is 5.83 Å². The lowest BCUT2D eigenvalue weighted by Gasteiger charge is -2.27. The zero-order chi connectivity index (χ0) is 14.0. The first-order valence-electron chi connectivity index (χ1n) is 6.20. The highest BCUT2D eigenvalue weighted by Gasteiger charge is 2.26. The molecule has 0 aromatic rings. The molecule has 1 fully saturated rings. The summed E-state index contributed by atoms with van der Waals surface area (Å²) in [6.45, 7) is 2.20. The Morgan fingerprint density at radius 1 is 1.42 bits per heavy atom. The van der Waals surface area contributed by atoms with E-state index in [0.717, 1.165) is 0 Å². The number of rotatable bonds is 1. The zero-order valence-electron chi connectivity index (χ0n) is 10.7. The minimum atomic E-state index is -3.02. The van der Waals surface area contributed by atoms with E-state index in [1.54, 1.807) is 6.08 Å². The molecule has 106 valence electrons. The van der Waals surface area contributed by atoms with Crippen molar-refractivity contribution in [1.29, 1.82) is 0 Å². The van der Waals surface area contributed by atoms with Gasteiger partial charge in [-0.15, -0.1) is 0 Å². The minimum absolute atomic E-state index is 0.0329. The summed E-state index contributed by atoms with van der Waals surface area (Å²) in [7, 11) is -3.02. The topological polar surface area (TPSA) is 66.5 Å². The number of carbonyl (C=O) groups excluding carboxylic acids is 1. The molecule has 5 nitrogen and oxygen atoms in total. The molecule has 2 aliphatic rings. The molecule has 19 heavy (non-hydrogen) atoms. The number of carbonyl (C=O) groups is 1. The predicted octanol–water partition coefficient (Wildman–Crippen LogP) is 1.20. The van der Waals surface area contributed by atoms with Gasteiger partial charge in [-0.05, 0) is 12.0 Å². The molecule has 1 atom stereocenters. The molecule has 1 saturated heterocycles. The SMILES string of the molecule is CC1C=CC(NC(=O)N2CCS(=O)(=O)CC2)=C(F)C1. The molecule has 0 saturated carbocycles. The molecule has 1 N–H and O–H groups in total. The van der Waals surface area contributed by atoms with Crippen molar-refractivity contribution in [2.45, 2.75) is 13.3 Å². The van der Waals surface area contributed by atoms with E-state index >= 15 is 0 Å². The van der Waals surface area contributed by atoms with Crippen molar-refractivity contribution in [2.24, 2.45) is 5.92 Å². The monoisotopic (exact) mass is 288 g/mol. The summed E-state index contributed by atoms with van der Waals surface area (Å²) in [4.78, 5) is 13.3. The van der Waals surface area contributed by atoms with Gasteiger partial charge < -0.3 is 10.2 Å². The molecule has 0 bridgehead atoms. The Morgan fingerprint density at radius 3 is 2.63 bits per heavy atom. The van der Waals surface area contributed by atoms with Crippen molar-refractivity contribution in [3.63, 3.8) is 0 Å². The minimum Gasteiger partial charge on any atom is -0.322 e.